The van der Waals surface area contributed by atoms with E-state index in [2.05, 4.69) is 55.9 Å². The molecule has 0 saturated carbocycles. The summed E-state index contributed by atoms with van der Waals surface area (Å²) in [5.74, 6) is 0.790. The normalized spacial score (nSPS) is 11.5. The molecule has 0 atom stereocenters. The van der Waals surface area contributed by atoms with Crippen molar-refractivity contribution in [3.8, 4) is 33.8 Å². The Bertz CT molecular complexity index is 1830. The highest BCUT2D eigenvalue weighted by molar-refractivity contribution is 5.96. The molecule has 1 aromatic carbocycles. The number of imidazole rings is 1. The molecule has 0 aliphatic rings. The highest BCUT2D eigenvalue weighted by Crippen LogP contribution is 2.32. The average Bonchev–Trinajstić information content (AvgIpc) is 3.51. The zero-order valence-corrected chi connectivity index (χ0v) is 21.9. The molecule has 5 aromatic heterocycles. The standard InChI is InChI=1S/C30H27FN8/c1-16(2)7-18(4)35-23-11-20(13-32-15-23)21-12-25-27(38-39-28(25)34-14-21)30-36-26-24(5-6-33-29(26)37-30)19-8-17(3)9-22(31)10-19/h5-6,8-16,35H,4,7H2,1-3H3,(H,33,36,37)(H,34,38,39). The van der Waals surface area contributed by atoms with Crippen molar-refractivity contribution in [2.75, 3.05) is 5.32 Å². The molecule has 8 nitrogen and oxygen atoms in total. The minimum Gasteiger partial charge on any atom is -0.358 e. The fraction of sp³-hybridized carbons (Fsp3) is 0.167. The third kappa shape index (κ3) is 4.86. The van der Waals surface area contributed by atoms with Crippen molar-refractivity contribution in [3.05, 3.63) is 84.8 Å². The fourth-order valence-electron chi connectivity index (χ4n) is 4.81. The lowest BCUT2D eigenvalue weighted by molar-refractivity contribution is 0.627. The predicted octanol–water partition coefficient (Wildman–Crippen LogP) is 7.04. The summed E-state index contributed by atoms with van der Waals surface area (Å²) in [4.78, 5) is 21.5. The Morgan fingerprint density at radius 1 is 1.00 bits per heavy atom. The summed E-state index contributed by atoms with van der Waals surface area (Å²) in [7, 11) is 0. The van der Waals surface area contributed by atoms with Crippen LogP contribution in [0.4, 0.5) is 10.1 Å². The van der Waals surface area contributed by atoms with Crippen LogP contribution in [0.2, 0.25) is 0 Å². The number of nitrogens with zero attached hydrogens (tertiary/aromatic N) is 5. The zero-order chi connectivity index (χ0) is 27.1. The topological polar surface area (TPSA) is 108 Å². The number of benzene rings is 1. The van der Waals surface area contributed by atoms with Crippen LogP contribution in [0.1, 0.15) is 25.8 Å². The van der Waals surface area contributed by atoms with Crippen molar-refractivity contribution in [3.63, 3.8) is 0 Å². The molecule has 3 N–H and O–H groups in total. The summed E-state index contributed by atoms with van der Waals surface area (Å²) in [6, 6.07) is 10.9. The number of aromatic amines is 2. The van der Waals surface area contributed by atoms with Crippen molar-refractivity contribution in [2.45, 2.75) is 27.2 Å². The molecule has 6 rings (SSSR count). The second-order valence-electron chi connectivity index (χ2n) is 10.1. The molecule has 194 valence electrons. The van der Waals surface area contributed by atoms with E-state index in [1.54, 1.807) is 24.8 Å². The van der Waals surface area contributed by atoms with E-state index in [9.17, 15) is 4.39 Å². The van der Waals surface area contributed by atoms with E-state index >= 15 is 0 Å². The minimum absolute atomic E-state index is 0.286. The van der Waals surface area contributed by atoms with Crippen LogP contribution in [0.3, 0.4) is 0 Å². The third-order valence-electron chi connectivity index (χ3n) is 6.44. The van der Waals surface area contributed by atoms with Gasteiger partial charge in [0.15, 0.2) is 17.1 Å². The van der Waals surface area contributed by atoms with E-state index < -0.39 is 0 Å². The molecule has 0 aliphatic carbocycles. The van der Waals surface area contributed by atoms with Gasteiger partial charge >= 0.3 is 0 Å². The molecule has 0 amide bonds. The van der Waals surface area contributed by atoms with Gasteiger partial charge in [0.05, 0.1) is 22.8 Å². The summed E-state index contributed by atoms with van der Waals surface area (Å²) < 4.78 is 14.2. The first-order chi connectivity index (χ1) is 18.8. The summed E-state index contributed by atoms with van der Waals surface area (Å²) in [5.41, 5.74) is 8.52. The lowest BCUT2D eigenvalue weighted by atomic mass is 10.0. The Morgan fingerprint density at radius 2 is 1.85 bits per heavy atom. The van der Waals surface area contributed by atoms with Gasteiger partial charge < -0.3 is 10.3 Å². The quantitative estimate of drug-likeness (QED) is 0.209. The molecule has 39 heavy (non-hydrogen) atoms. The van der Waals surface area contributed by atoms with Crippen LogP contribution in [-0.2, 0) is 0 Å². The molecule has 0 fully saturated rings. The van der Waals surface area contributed by atoms with Gasteiger partial charge in [0, 0.05) is 41.0 Å². The van der Waals surface area contributed by atoms with E-state index in [-0.39, 0.29) is 5.82 Å². The highest BCUT2D eigenvalue weighted by atomic mass is 19.1. The number of fused-ring (bicyclic) bond motifs is 2. The van der Waals surface area contributed by atoms with Crippen LogP contribution in [-0.4, -0.2) is 35.1 Å². The number of hydrogen-bond acceptors (Lipinski definition) is 6. The number of allylic oxidation sites excluding steroid dienone is 1. The van der Waals surface area contributed by atoms with E-state index in [1.807, 2.05) is 31.2 Å². The Hall–Kier alpha value is -4.92. The van der Waals surface area contributed by atoms with E-state index in [4.69, 9.17) is 4.98 Å². The molecule has 0 bridgehead atoms. The maximum atomic E-state index is 14.2. The molecular weight excluding hydrogens is 491 g/mol. The summed E-state index contributed by atoms with van der Waals surface area (Å²) in [6.45, 7) is 10.3. The maximum Gasteiger partial charge on any atom is 0.181 e. The van der Waals surface area contributed by atoms with Gasteiger partial charge in [0.25, 0.3) is 0 Å². The number of nitrogens with one attached hydrogen (secondary N) is 3. The van der Waals surface area contributed by atoms with Gasteiger partial charge in [-0.25, -0.2) is 19.3 Å². The smallest absolute Gasteiger partial charge is 0.181 e. The number of H-pyrrole nitrogens is 2. The number of anilines is 1. The molecule has 6 aromatic rings. The first kappa shape index (κ1) is 24.4. The number of pyridine rings is 3. The number of rotatable bonds is 7. The lowest BCUT2D eigenvalue weighted by Crippen LogP contribution is -2.02. The van der Waals surface area contributed by atoms with Gasteiger partial charge in [-0.1, -0.05) is 26.5 Å². The van der Waals surface area contributed by atoms with Gasteiger partial charge in [-0.3, -0.25) is 10.1 Å². The predicted molar refractivity (Wildman–Crippen MR) is 152 cm³/mol. The van der Waals surface area contributed by atoms with Crippen LogP contribution >= 0.6 is 0 Å². The number of aryl methyl sites for hydroxylation is 1. The van der Waals surface area contributed by atoms with Crippen molar-refractivity contribution in [1.82, 2.24) is 35.1 Å². The molecule has 0 aliphatic heterocycles. The molecule has 0 spiro atoms. The Morgan fingerprint density at radius 3 is 2.67 bits per heavy atom. The molecule has 5 heterocycles. The van der Waals surface area contributed by atoms with Crippen LogP contribution in [0.5, 0.6) is 0 Å². The van der Waals surface area contributed by atoms with Gasteiger partial charge in [-0.05, 0) is 60.7 Å². The van der Waals surface area contributed by atoms with Crippen LogP contribution in [0.25, 0.3) is 56.0 Å². The molecular formula is C30H27FN8. The molecule has 9 heteroatoms. The Kier molecular flexibility index (Phi) is 6.11. The van der Waals surface area contributed by atoms with Gasteiger partial charge in [0.1, 0.15) is 11.5 Å². The number of aromatic nitrogens is 7. The first-order valence-corrected chi connectivity index (χ1v) is 12.7. The largest absolute Gasteiger partial charge is 0.358 e. The summed E-state index contributed by atoms with van der Waals surface area (Å²) in [6.07, 6.45) is 7.92. The van der Waals surface area contributed by atoms with Crippen molar-refractivity contribution < 1.29 is 4.39 Å². The van der Waals surface area contributed by atoms with Gasteiger partial charge in [-0.15, -0.1) is 0 Å². The van der Waals surface area contributed by atoms with E-state index in [0.29, 0.717) is 34.2 Å². The van der Waals surface area contributed by atoms with E-state index in [0.717, 1.165) is 51.0 Å². The fourth-order valence-corrected chi connectivity index (χ4v) is 4.81. The van der Waals surface area contributed by atoms with Crippen LogP contribution in [0.15, 0.2) is 73.5 Å². The minimum atomic E-state index is -0.286. The highest BCUT2D eigenvalue weighted by Gasteiger charge is 2.17. The van der Waals surface area contributed by atoms with Crippen LogP contribution in [0, 0.1) is 18.7 Å². The molecule has 0 unspecified atom stereocenters. The van der Waals surface area contributed by atoms with Crippen LogP contribution < -0.4 is 5.32 Å². The maximum absolute atomic E-state index is 14.2. The SMILES string of the molecule is C=C(CC(C)C)Nc1cncc(-c2cnc3n[nH]c(-c4nc5nccc(-c6cc(C)cc(F)c6)c5[nH]4)c3c2)c1. The monoisotopic (exact) mass is 518 g/mol. The average molecular weight is 519 g/mol. The third-order valence-corrected chi connectivity index (χ3v) is 6.44. The first-order valence-electron chi connectivity index (χ1n) is 12.7. The van der Waals surface area contributed by atoms with Crippen molar-refractivity contribution >= 4 is 27.9 Å². The lowest BCUT2D eigenvalue weighted by Gasteiger charge is -2.12. The number of halogens is 1. The number of hydrogen-bond donors (Lipinski definition) is 3. The summed E-state index contributed by atoms with van der Waals surface area (Å²) >= 11 is 0. The Labute approximate surface area is 224 Å². The van der Waals surface area contributed by atoms with Crippen molar-refractivity contribution in [2.24, 2.45) is 5.92 Å². The second-order valence-corrected chi connectivity index (χ2v) is 10.1. The van der Waals surface area contributed by atoms with Gasteiger partial charge in [0.2, 0.25) is 0 Å². The van der Waals surface area contributed by atoms with Crippen molar-refractivity contribution in [1.29, 1.82) is 0 Å². The van der Waals surface area contributed by atoms with Gasteiger partial charge in [-0.2, -0.15) is 5.10 Å². The zero-order valence-electron chi connectivity index (χ0n) is 21.9. The Balaban J connectivity index is 1.39. The molecule has 0 saturated heterocycles. The second kappa shape index (κ2) is 9.75. The molecule has 0 radical (unpaired) electrons. The summed E-state index contributed by atoms with van der Waals surface area (Å²) in [5, 5.41) is 11.6. The van der Waals surface area contributed by atoms with E-state index in [1.165, 1.54) is 12.1 Å².